The third-order valence-corrected chi connectivity index (χ3v) is 6.21. The monoisotopic (exact) mass is 430 g/mol. The number of carbonyl (C=O) groups is 1. The van der Waals surface area contributed by atoms with Gasteiger partial charge in [-0.3, -0.25) is 0 Å². The summed E-state index contributed by atoms with van der Waals surface area (Å²) in [5.74, 6) is 6.56. The molecule has 4 nitrogen and oxygen atoms in total. The Kier molecular flexibility index (Phi) is 7.42. The molecule has 1 aliphatic carbocycles. The zero-order valence-electron chi connectivity index (χ0n) is 18.6. The van der Waals surface area contributed by atoms with Gasteiger partial charge in [-0.15, -0.1) is 11.8 Å². The Bertz CT molecular complexity index is 1000. The molecule has 1 spiro atoms. The molecule has 0 radical (unpaired) electrons. The molecule has 2 aromatic rings. The molecule has 2 aromatic carbocycles. The molecule has 1 unspecified atom stereocenters. The molecular formula is C28H30O4. The van der Waals surface area contributed by atoms with Crippen LogP contribution in [0.3, 0.4) is 0 Å². The van der Waals surface area contributed by atoms with E-state index in [9.17, 15) is 4.79 Å². The van der Waals surface area contributed by atoms with Gasteiger partial charge in [0.15, 0.2) is 5.79 Å². The third-order valence-electron chi connectivity index (χ3n) is 6.21. The molecule has 0 bridgehead atoms. The summed E-state index contributed by atoms with van der Waals surface area (Å²) in [5.41, 5.74) is 4.84. The third kappa shape index (κ3) is 5.48. The summed E-state index contributed by atoms with van der Waals surface area (Å²) >= 11 is 0. The number of ether oxygens (including phenoxy) is 3. The molecule has 2 aliphatic rings. The summed E-state index contributed by atoms with van der Waals surface area (Å²) in [6, 6.07) is 16.6. The summed E-state index contributed by atoms with van der Waals surface area (Å²) in [7, 11) is 0. The van der Waals surface area contributed by atoms with Gasteiger partial charge in [-0.2, -0.15) is 0 Å². The minimum absolute atomic E-state index is 0.133. The van der Waals surface area contributed by atoms with Gasteiger partial charge < -0.3 is 19.0 Å². The number of rotatable bonds is 8. The second-order valence-corrected chi connectivity index (χ2v) is 8.33. The van der Waals surface area contributed by atoms with Crippen molar-refractivity contribution in [2.24, 2.45) is 0 Å². The lowest BCUT2D eigenvalue weighted by atomic mass is 9.89. The van der Waals surface area contributed by atoms with Crippen LogP contribution in [0.4, 0.5) is 0 Å². The van der Waals surface area contributed by atoms with Crippen LogP contribution in [0.1, 0.15) is 61.6 Å². The Labute approximate surface area is 190 Å². The van der Waals surface area contributed by atoms with Crippen molar-refractivity contribution in [2.45, 2.75) is 57.3 Å². The van der Waals surface area contributed by atoms with E-state index in [2.05, 4.69) is 42.2 Å². The first-order valence-corrected chi connectivity index (χ1v) is 11.3. The molecule has 1 heterocycles. The van der Waals surface area contributed by atoms with Gasteiger partial charge in [-0.05, 0) is 53.8 Å². The normalized spacial score (nSPS) is 17.8. The van der Waals surface area contributed by atoms with Crippen LogP contribution in [0.5, 0.6) is 5.75 Å². The Hall–Kier alpha value is -2.87. The van der Waals surface area contributed by atoms with Crippen LogP contribution in [0.15, 0.2) is 54.6 Å². The molecule has 4 rings (SSSR count). The lowest BCUT2D eigenvalue weighted by molar-refractivity contribution is -0.159. The van der Waals surface area contributed by atoms with Crippen LogP contribution in [-0.2, 0) is 20.9 Å². The van der Waals surface area contributed by atoms with Crippen molar-refractivity contribution in [2.75, 3.05) is 13.2 Å². The van der Waals surface area contributed by atoms with E-state index in [1.54, 1.807) is 0 Å². The topological polar surface area (TPSA) is 44.8 Å². The van der Waals surface area contributed by atoms with Gasteiger partial charge in [0, 0.05) is 31.6 Å². The van der Waals surface area contributed by atoms with E-state index >= 15 is 0 Å². The van der Waals surface area contributed by atoms with Gasteiger partial charge in [0.2, 0.25) is 0 Å². The SMILES string of the molecule is CC#CCC(CC=O)c1ccc(OCc2cccc(C3=CCC4(CC3)OCCO4)c2)cc1. The average Bonchev–Trinajstić information content (AvgIpc) is 3.29. The molecule has 166 valence electrons. The molecule has 1 saturated heterocycles. The van der Waals surface area contributed by atoms with Crippen LogP contribution >= 0.6 is 0 Å². The Morgan fingerprint density at radius 2 is 1.97 bits per heavy atom. The molecule has 0 N–H and O–H groups in total. The van der Waals surface area contributed by atoms with Crippen molar-refractivity contribution in [1.29, 1.82) is 0 Å². The Morgan fingerprint density at radius 1 is 1.16 bits per heavy atom. The van der Waals surface area contributed by atoms with Gasteiger partial charge in [0.1, 0.15) is 18.6 Å². The average molecular weight is 431 g/mol. The molecule has 32 heavy (non-hydrogen) atoms. The number of hydrogen-bond donors (Lipinski definition) is 0. The van der Waals surface area contributed by atoms with E-state index in [4.69, 9.17) is 14.2 Å². The molecule has 1 fully saturated rings. The van der Waals surface area contributed by atoms with Crippen LogP contribution in [0, 0.1) is 11.8 Å². The first-order valence-electron chi connectivity index (χ1n) is 11.3. The number of aldehydes is 1. The van der Waals surface area contributed by atoms with E-state index in [-0.39, 0.29) is 11.7 Å². The smallest absolute Gasteiger partial charge is 0.172 e. The highest BCUT2D eigenvalue weighted by molar-refractivity contribution is 5.67. The van der Waals surface area contributed by atoms with Crippen molar-refractivity contribution in [1.82, 2.24) is 0 Å². The van der Waals surface area contributed by atoms with E-state index in [1.807, 2.05) is 31.2 Å². The fraction of sp³-hybridized carbons (Fsp3) is 0.393. The summed E-state index contributed by atoms with van der Waals surface area (Å²) in [6.45, 7) is 3.72. The molecule has 4 heteroatoms. The summed E-state index contributed by atoms with van der Waals surface area (Å²) in [5, 5.41) is 0. The molecule has 0 aromatic heterocycles. The first kappa shape index (κ1) is 22.3. The maximum absolute atomic E-state index is 11.0. The van der Waals surface area contributed by atoms with Gasteiger partial charge in [-0.1, -0.05) is 36.4 Å². The largest absolute Gasteiger partial charge is 0.489 e. The van der Waals surface area contributed by atoms with E-state index < -0.39 is 0 Å². The molecule has 1 aliphatic heterocycles. The standard InChI is InChI=1S/C28H30O4/c1-2-3-6-23(14-17-29)24-8-10-27(11-9-24)30-21-22-5-4-7-26(20-22)25-12-15-28(16-13-25)31-18-19-32-28/h4-5,7-12,17,20,23H,6,13-16,18-19,21H2,1H3. The van der Waals surface area contributed by atoms with Crippen LogP contribution in [0.2, 0.25) is 0 Å². The highest BCUT2D eigenvalue weighted by atomic mass is 16.7. The summed E-state index contributed by atoms with van der Waals surface area (Å²) in [6.07, 6.45) is 7.07. The minimum atomic E-state index is -0.385. The lowest BCUT2D eigenvalue weighted by Crippen LogP contribution is -2.31. The van der Waals surface area contributed by atoms with Crippen LogP contribution in [-0.4, -0.2) is 25.3 Å². The second-order valence-electron chi connectivity index (χ2n) is 8.33. The van der Waals surface area contributed by atoms with Crippen molar-refractivity contribution >= 4 is 11.9 Å². The highest BCUT2D eigenvalue weighted by Crippen LogP contribution is 2.38. The van der Waals surface area contributed by atoms with Crippen LogP contribution in [0.25, 0.3) is 5.57 Å². The Balaban J connectivity index is 1.36. The fourth-order valence-corrected chi connectivity index (χ4v) is 4.37. The highest BCUT2D eigenvalue weighted by Gasteiger charge is 2.37. The summed E-state index contributed by atoms with van der Waals surface area (Å²) in [4.78, 5) is 11.0. The maximum Gasteiger partial charge on any atom is 0.172 e. The number of benzene rings is 2. The lowest BCUT2D eigenvalue weighted by Gasteiger charge is -2.30. The van der Waals surface area contributed by atoms with Crippen molar-refractivity contribution in [3.05, 3.63) is 71.3 Å². The van der Waals surface area contributed by atoms with Gasteiger partial charge in [-0.25, -0.2) is 0 Å². The van der Waals surface area contributed by atoms with Gasteiger partial charge >= 0.3 is 0 Å². The number of allylic oxidation sites excluding steroid dienone is 1. The van der Waals surface area contributed by atoms with Crippen molar-refractivity contribution < 1.29 is 19.0 Å². The fourth-order valence-electron chi connectivity index (χ4n) is 4.37. The predicted molar refractivity (Wildman–Crippen MR) is 125 cm³/mol. The number of hydrogen-bond acceptors (Lipinski definition) is 4. The van der Waals surface area contributed by atoms with Crippen molar-refractivity contribution in [3.8, 4) is 17.6 Å². The zero-order valence-corrected chi connectivity index (χ0v) is 18.6. The molecular weight excluding hydrogens is 400 g/mol. The van der Waals surface area contributed by atoms with Crippen LogP contribution < -0.4 is 4.74 Å². The summed E-state index contributed by atoms with van der Waals surface area (Å²) < 4.78 is 17.7. The number of carbonyl (C=O) groups excluding carboxylic acids is 1. The van der Waals surface area contributed by atoms with Crippen molar-refractivity contribution in [3.63, 3.8) is 0 Å². The molecule has 0 amide bonds. The van der Waals surface area contributed by atoms with E-state index in [1.165, 1.54) is 11.1 Å². The molecule has 1 atom stereocenters. The van der Waals surface area contributed by atoms with Gasteiger partial charge in [0.05, 0.1) is 13.2 Å². The van der Waals surface area contributed by atoms with Gasteiger partial charge in [0.25, 0.3) is 0 Å². The Morgan fingerprint density at radius 3 is 2.66 bits per heavy atom. The second kappa shape index (κ2) is 10.6. The first-order chi connectivity index (χ1) is 15.7. The van der Waals surface area contributed by atoms with E-state index in [0.29, 0.717) is 32.7 Å². The predicted octanol–water partition coefficient (Wildman–Crippen LogP) is 5.66. The maximum atomic E-state index is 11.0. The zero-order chi connectivity index (χ0) is 22.2. The minimum Gasteiger partial charge on any atom is -0.489 e. The molecule has 0 saturated carbocycles. The quantitative estimate of drug-likeness (QED) is 0.400. The van der Waals surface area contributed by atoms with E-state index in [0.717, 1.165) is 42.4 Å².